The Bertz CT molecular complexity index is 576. The van der Waals surface area contributed by atoms with Crippen LogP contribution in [0.2, 0.25) is 0 Å². The molecular weight excluding hydrogens is 286 g/mol. The van der Waals surface area contributed by atoms with Crippen molar-refractivity contribution in [3.05, 3.63) is 29.8 Å². The van der Waals surface area contributed by atoms with Crippen molar-refractivity contribution in [1.29, 1.82) is 0 Å². The lowest BCUT2D eigenvalue weighted by Crippen LogP contribution is -2.35. The predicted octanol–water partition coefficient (Wildman–Crippen LogP) is 2.73. The van der Waals surface area contributed by atoms with E-state index >= 15 is 0 Å². The van der Waals surface area contributed by atoms with Crippen LogP contribution in [0.3, 0.4) is 0 Å². The number of hydrogen-bond acceptors (Lipinski definition) is 3. The summed E-state index contributed by atoms with van der Waals surface area (Å²) in [7, 11) is 3.06. The molecule has 0 heterocycles. The molecule has 0 aliphatic carbocycles. The van der Waals surface area contributed by atoms with Gasteiger partial charge < -0.3 is 4.90 Å². The summed E-state index contributed by atoms with van der Waals surface area (Å²) in [5, 5.41) is 0. The van der Waals surface area contributed by atoms with Crippen LogP contribution < -0.4 is 0 Å². The van der Waals surface area contributed by atoms with Crippen LogP contribution in [0.15, 0.2) is 29.2 Å². The molecule has 0 saturated carbocycles. The third kappa shape index (κ3) is 4.51. The van der Waals surface area contributed by atoms with E-state index in [4.69, 9.17) is 10.7 Å². The maximum atomic E-state index is 12.3. The standard InChI is InChI=1S/C13H18ClNO3S/c1-13(2,3)9-15(4)12(16)10-7-5-6-8-11(10)19(14,17)18/h5-8H,9H2,1-4H3. The van der Waals surface area contributed by atoms with Gasteiger partial charge in [0.25, 0.3) is 15.0 Å². The van der Waals surface area contributed by atoms with E-state index in [2.05, 4.69) is 0 Å². The number of nitrogens with zero attached hydrogens (tertiary/aromatic N) is 1. The maximum absolute atomic E-state index is 12.3. The lowest BCUT2D eigenvalue weighted by molar-refractivity contribution is 0.0742. The minimum absolute atomic E-state index is 0.0702. The van der Waals surface area contributed by atoms with Gasteiger partial charge in [0.05, 0.1) is 10.5 Å². The first-order valence-electron chi connectivity index (χ1n) is 5.81. The van der Waals surface area contributed by atoms with Gasteiger partial charge >= 0.3 is 0 Å². The van der Waals surface area contributed by atoms with Gasteiger partial charge in [-0.25, -0.2) is 8.42 Å². The van der Waals surface area contributed by atoms with Crippen LogP contribution in [0, 0.1) is 5.41 Å². The summed E-state index contributed by atoms with van der Waals surface area (Å²) in [5.74, 6) is -0.352. The Balaban J connectivity index is 3.14. The number of rotatable bonds is 3. The highest BCUT2D eigenvalue weighted by molar-refractivity contribution is 8.13. The van der Waals surface area contributed by atoms with Crippen molar-refractivity contribution in [3.8, 4) is 0 Å². The van der Waals surface area contributed by atoms with E-state index in [0.717, 1.165) is 0 Å². The van der Waals surface area contributed by atoms with Crippen molar-refractivity contribution in [3.63, 3.8) is 0 Å². The topological polar surface area (TPSA) is 54.5 Å². The molecule has 0 unspecified atom stereocenters. The van der Waals surface area contributed by atoms with E-state index in [1.54, 1.807) is 13.1 Å². The van der Waals surface area contributed by atoms with E-state index in [9.17, 15) is 13.2 Å². The second kappa shape index (κ2) is 5.51. The second-order valence-corrected chi connectivity index (χ2v) is 8.19. The smallest absolute Gasteiger partial charge is 0.262 e. The van der Waals surface area contributed by atoms with Crippen LogP contribution in [0.5, 0.6) is 0 Å². The van der Waals surface area contributed by atoms with Gasteiger partial charge in [-0.2, -0.15) is 0 Å². The Hall–Kier alpha value is -1.07. The van der Waals surface area contributed by atoms with Crippen molar-refractivity contribution in [2.45, 2.75) is 25.7 Å². The molecule has 0 atom stereocenters. The highest BCUT2D eigenvalue weighted by atomic mass is 35.7. The fraction of sp³-hybridized carbons (Fsp3) is 0.462. The summed E-state index contributed by atoms with van der Waals surface area (Å²) in [6.45, 7) is 6.52. The van der Waals surface area contributed by atoms with Gasteiger partial charge in [0.1, 0.15) is 0 Å². The molecule has 0 radical (unpaired) electrons. The molecule has 0 aliphatic rings. The third-order valence-corrected chi connectivity index (χ3v) is 3.82. The first kappa shape index (κ1) is 16.0. The largest absolute Gasteiger partial charge is 0.341 e. The molecule has 0 aliphatic heterocycles. The summed E-state index contributed by atoms with van der Waals surface area (Å²) in [6, 6.07) is 5.96. The Labute approximate surface area is 118 Å². The summed E-state index contributed by atoms with van der Waals surface area (Å²) in [6.07, 6.45) is 0. The summed E-state index contributed by atoms with van der Waals surface area (Å²) in [5.41, 5.74) is 0.0309. The molecule has 106 valence electrons. The van der Waals surface area contributed by atoms with E-state index in [1.165, 1.54) is 23.1 Å². The van der Waals surface area contributed by atoms with E-state index in [1.807, 2.05) is 20.8 Å². The second-order valence-electron chi connectivity index (χ2n) is 5.66. The van der Waals surface area contributed by atoms with Gasteiger partial charge in [0, 0.05) is 24.3 Å². The molecule has 0 fully saturated rings. The molecule has 19 heavy (non-hydrogen) atoms. The Kier molecular flexibility index (Phi) is 4.63. The van der Waals surface area contributed by atoms with E-state index in [-0.39, 0.29) is 21.8 Å². The number of carbonyl (C=O) groups is 1. The molecule has 4 nitrogen and oxygen atoms in total. The van der Waals surface area contributed by atoms with Gasteiger partial charge in [0.15, 0.2) is 0 Å². The van der Waals surface area contributed by atoms with Crippen LogP contribution in [-0.4, -0.2) is 32.8 Å². The van der Waals surface area contributed by atoms with Crippen molar-refractivity contribution in [1.82, 2.24) is 4.90 Å². The highest BCUT2D eigenvalue weighted by Crippen LogP contribution is 2.22. The summed E-state index contributed by atoms with van der Waals surface area (Å²) >= 11 is 0. The van der Waals surface area contributed by atoms with Gasteiger partial charge in [-0.05, 0) is 17.5 Å². The quantitative estimate of drug-likeness (QED) is 0.807. The van der Waals surface area contributed by atoms with Crippen molar-refractivity contribution < 1.29 is 13.2 Å². The average Bonchev–Trinajstić information content (AvgIpc) is 2.24. The summed E-state index contributed by atoms with van der Waals surface area (Å²) < 4.78 is 22.9. The summed E-state index contributed by atoms with van der Waals surface area (Å²) in [4.78, 5) is 13.6. The molecule has 1 rings (SSSR count). The molecule has 0 N–H and O–H groups in total. The van der Waals surface area contributed by atoms with Crippen LogP contribution in [0.1, 0.15) is 31.1 Å². The van der Waals surface area contributed by atoms with Gasteiger partial charge in [-0.1, -0.05) is 32.9 Å². The number of amides is 1. The molecule has 0 bridgehead atoms. The molecule has 0 aromatic heterocycles. The normalized spacial score (nSPS) is 12.3. The van der Waals surface area contributed by atoms with Crippen LogP contribution >= 0.6 is 10.7 Å². The van der Waals surface area contributed by atoms with Crippen molar-refractivity contribution >= 4 is 25.6 Å². The lowest BCUT2D eigenvalue weighted by atomic mass is 9.96. The molecule has 1 aromatic carbocycles. The zero-order chi connectivity index (χ0) is 14.8. The van der Waals surface area contributed by atoms with Crippen molar-refractivity contribution in [2.75, 3.05) is 13.6 Å². The van der Waals surface area contributed by atoms with E-state index < -0.39 is 9.05 Å². The lowest BCUT2D eigenvalue weighted by Gasteiger charge is -2.27. The monoisotopic (exact) mass is 303 g/mol. The highest BCUT2D eigenvalue weighted by Gasteiger charge is 2.24. The maximum Gasteiger partial charge on any atom is 0.262 e. The Morgan fingerprint density at radius 3 is 2.26 bits per heavy atom. The number of benzene rings is 1. The Morgan fingerprint density at radius 2 is 1.79 bits per heavy atom. The minimum atomic E-state index is -3.93. The minimum Gasteiger partial charge on any atom is -0.341 e. The first-order valence-corrected chi connectivity index (χ1v) is 8.12. The fourth-order valence-electron chi connectivity index (χ4n) is 1.84. The SMILES string of the molecule is CN(CC(C)(C)C)C(=O)c1ccccc1S(=O)(=O)Cl. The zero-order valence-corrected chi connectivity index (χ0v) is 13.0. The molecule has 1 amide bonds. The number of carbonyl (C=O) groups excluding carboxylic acids is 1. The molecule has 1 aromatic rings. The van der Waals surface area contributed by atoms with Gasteiger partial charge in [0.2, 0.25) is 0 Å². The predicted molar refractivity (Wildman–Crippen MR) is 75.9 cm³/mol. The van der Waals surface area contributed by atoms with E-state index in [0.29, 0.717) is 6.54 Å². The fourth-order valence-corrected chi connectivity index (χ4v) is 2.91. The van der Waals surface area contributed by atoms with Crippen molar-refractivity contribution in [2.24, 2.45) is 5.41 Å². The first-order chi connectivity index (χ1) is 8.52. The van der Waals surface area contributed by atoms with Crippen LogP contribution in [-0.2, 0) is 9.05 Å². The molecule has 0 saturated heterocycles. The zero-order valence-electron chi connectivity index (χ0n) is 11.5. The number of hydrogen-bond donors (Lipinski definition) is 0. The Morgan fingerprint density at radius 1 is 1.26 bits per heavy atom. The molecule has 6 heteroatoms. The molecular formula is C13H18ClNO3S. The van der Waals surface area contributed by atoms with Gasteiger partial charge in [-0.3, -0.25) is 4.79 Å². The van der Waals surface area contributed by atoms with Crippen LogP contribution in [0.25, 0.3) is 0 Å². The van der Waals surface area contributed by atoms with Gasteiger partial charge in [-0.15, -0.1) is 0 Å². The number of halogens is 1. The average molecular weight is 304 g/mol. The van der Waals surface area contributed by atoms with Crippen LogP contribution in [0.4, 0.5) is 0 Å². The third-order valence-electron chi connectivity index (χ3n) is 2.44. The molecule has 0 spiro atoms.